The van der Waals surface area contributed by atoms with Gasteiger partial charge in [0.2, 0.25) is 0 Å². The Morgan fingerprint density at radius 2 is 2.11 bits per heavy atom. The Morgan fingerprint density at radius 3 is 2.63 bits per heavy atom. The van der Waals surface area contributed by atoms with Crippen LogP contribution >= 0.6 is 27.5 Å². The normalized spacial score (nSPS) is 13.7. The largest absolute Gasteiger partial charge is 0.479 e. The summed E-state index contributed by atoms with van der Waals surface area (Å²) in [4.78, 5) is 22.3. The lowest BCUT2D eigenvalue weighted by Crippen LogP contribution is -2.46. The van der Waals surface area contributed by atoms with Crippen LogP contribution in [0.15, 0.2) is 16.6 Å². The van der Waals surface area contributed by atoms with Gasteiger partial charge in [-0.25, -0.2) is 9.18 Å². The Balaban J connectivity index is 2.88. The van der Waals surface area contributed by atoms with Gasteiger partial charge in [-0.05, 0) is 35.0 Å². The third kappa shape index (κ3) is 3.89. The van der Waals surface area contributed by atoms with Crippen LogP contribution < -0.4 is 5.32 Å². The number of halogens is 3. The van der Waals surface area contributed by atoms with E-state index in [0.29, 0.717) is 0 Å². The maximum atomic E-state index is 13.7. The molecule has 0 saturated heterocycles. The zero-order chi connectivity index (χ0) is 14.8. The first kappa shape index (κ1) is 15.9. The third-order valence-electron chi connectivity index (χ3n) is 2.29. The van der Waals surface area contributed by atoms with Gasteiger partial charge in [-0.2, -0.15) is 0 Å². The number of rotatable bonds is 4. The minimum Gasteiger partial charge on any atom is -0.479 e. The van der Waals surface area contributed by atoms with Crippen LogP contribution in [0.25, 0.3) is 0 Å². The van der Waals surface area contributed by atoms with Crippen LogP contribution in [0, 0.1) is 5.82 Å². The summed E-state index contributed by atoms with van der Waals surface area (Å²) in [5.74, 6) is -3.19. The van der Waals surface area contributed by atoms with Gasteiger partial charge in [-0.15, -0.1) is 0 Å². The first-order valence-electron chi connectivity index (χ1n) is 5.03. The fourth-order valence-corrected chi connectivity index (χ4v) is 1.95. The lowest BCUT2D eigenvalue weighted by Gasteiger charge is -2.18. The molecule has 1 aromatic carbocycles. The van der Waals surface area contributed by atoms with E-state index < -0.39 is 29.8 Å². The number of carbonyl (C=O) groups excluding carboxylic acids is 1. The van der Waals surface area contributed by atoms with Crippen LogP contribution in [-0.2, 0) is 4.79 Å². The third-order valence-corrected chi connectivity index (χ3v) is 3.09. The average Bonchev–Trinajstić information content (AvgIpc) is 2.30. The van der Waals surface area contributed by atoms with E-state index in [1.54, 1.807) is 0 Å². The molecular weight excluding hydrogens is 344 g/mol. The van der Waals surface area contributed by atoms with Crippen molar-refractivity contribution in [3.05, 3.63) is 33.0 Å². The summed E-state index contributed by atoms with van der Waals surface area (Å²) in [6, 6.07) is 2.38. The highest BCUT2D eigenvalue weighted by Gasteiger charge is 2.30. The van der Waals surface area contributed by atoms with Crippen molar-refractivity contribution in [1.29, 1.82) is 0 Å². The van der Waals surface area contributed by atoms with Gasteiger partial charge in [0.15, 0.2) is 5.60 Å². The maximum absolute atomic E-state index is 13.7. The zero-order valence-electron chi connectivity index (χ0n) is 9.71. The van der Waals surface area contributed by atoms with E-state index in [2.05, 4.69) is 21.2 Å². The fourth-order valence-electron chi connectivity index (χ4n) is 1.14. The van der Waals surface area contributed by atoms with E-state index in [-0.39, 0.29) is 15.1 Å². The van der Waals surface area contributed by atoms with Crippen molar-refractivity contribution in [3.8, 4) is 0 Å². The van der Waals surface area contributed by atoms with Gasteiger partial charge in [0, 0.05) is 5.02 Å². The molecule has 1 unspecified atom stereocenters. The van der Waals surface area contributed by atoms with Crippen LogP contribution in [0.3, 0.4) is 0 Å². The number of amides is 1. The van der Waals surface area contributed by atoms with Crippen molar-refractivity contribution in [2.24, 2.45) is 0 Å². The first-order valence-corrected chi connectivity index (χ1v) is 6.21. The Morgan fingerprint density at radius 1 is 1.53 bits per heavy atom. The molecule has 0 aromatic heterocycles. The number of aliphatic carboxylic acids is 1. The highest BCUT2D eigenvalue weighted by Crippen LogP contribution is 2.24. The molecule has 8 heteroatoms. The van der Waals surface area contributed by atoms with Crippen molar-refractivity contribution in [2.45, 2.75) is 12.5 Å². The summed E-state index contributed by atoms with van der Waals surface area (Å²) >= 11 is 8.58. The van der Waals surface area contributed by atoms with Crippen molar-refractivity contribution >= 4 is 39.4 Å². The van der Waals surface area contributed by atoms with E-state index >= 15 is 0 Å². The lowest BCUT2D eigenvalue weighted by molar-refractivity contribution is -0.155. The molecule has 104 valence electrons. The summed E-state index contributed by atoms with van der Waals surface area (Å²) in [6.45, 7) is 0.449. The summed E-state index contributed by atoms with van der Waals surface area (Å²) in [7, 11) is 0. The molecule has 0 bridgehead atoms. The van der Waals surface area contributed by atoms with Crippen molar-refractivity contribution in [2.75, 3.05) is 6.54 Å². The number of carboxylic acid groups (broad SMARTS) is 1. The van der Waals surface area contributed by atoms with Gasteiger partial charge in [0.1, 0.15) is 5.82 Å². The molecule has 0 aliphatic heterocycles. The number of benzene rings is 1. The molecule has 0 fully saturated rings. The Kier molecular flexibility index (Phi) is 4.89. The molecule has 1 atom stereocenters. The second kappa shape index (κ2) is 5.85. The van der Waals surface area contributed by atoms with Crippen LogP contribution in [0.1, 0.15) is 17.3 Å². The second-order valence-electron chi connectivity index (χ2n) is 4.01. The Labute approximate surface area is 121 Å². The molecule has 1 rings (SSSR count). The van der Waals surface area contributed by atoms with Gasteiger partial charge in [0.05, 0.1) is 16.6 Å². The van der Waals surface area contributed by atoms with Crippen molar-refractivity contribution < 1.29 is 24.2 Å². The molecule has 0 aliphatic rings. The molecule has 1 aromatic rings. The van der Waals surface area contributed by atoms with E-state index in [0.717, 1.165) is 13.0 Å². The number of hydrogen-bond donors (Lipinski definition) is 3. The highest BCUT2D eigenvalue weighted by molar-refractivity contribution is 9.10. The van der Waals surface area contributed by atoms with Crippen LogP contribution in [0.4, 0.5) is 4.39 Å². The molecule has 3 N–H and O–H groups in total. The minimum atomic E-state index is -2.14. The molecule has 0 saturated carbocycles. The fraction of sp³-hybridized carbons (Fsp3) is 0.273. The number of nitrogens with one attached hydrogen (secondary N) is 1. The van der Waals surface area contributed by atoms with E-state index in [1.165, 1.54) is 6.07 Å². The van der Waals surface area contributed by atoms with Gasteiger partial charge < -0.3 is 15.5 Å². The maximum Gasteiger partial charge on any atom is 0.337 e. The highest BCUT2D eigenvalue weighted by atomic mass is 79.9. The molecule has 0 spiro atoms. The zero-order valence-corrected chi connectivity index (χ0v) is 12.0. The monoisotopic (exact) mass is 353 g/mol. The predicted molar refractivity (Wildman–Crippen MR) is 69.7 cm³/mol. The number of aliphatic hydroxyl groups is 1. The lowest BCUT2D eigenvalue weighted by atomic mass is 10.1. The molecule has 0 radical (unpaired) electrons. The molecule has 0 aliphatic carbocycles. The van der Waals surface area contributed by atoms with Gasteiger partial charge in [-0.3, -0.25) is 4.79 Å². The second-order valence-corrected chi connectivity index (χ2v) is 5.30. The van der Waals surface area contributed by atoms with E-state index in [1.807, 2.05) is 0 Å². The molecule has 19 heavy (non-hydrogen) atoms. The quantitative estimate of drug-likeness (QED) is 0.720. The predicted octanol–water partition coefficient (Wildman–Crippen LogP) is 1.81. The van der Waals surface area contributed by atoms with E-state index in [4.69, 9.17) is 16.7 Å². The van der Waals surface area contributed by atoms with Gasteiger partial charge in [-0.1, -0.05) is 11.6 Å². The van der Waals surface area contributed by atoms with Crippen molar-refractivity contribution in [1.82, 2.24) is 5.32 Å². The molecular formula is C11H10BrClFNO4. The van der Waals surface area contributed by atoms with Crippen molar-refractivity contribution in [3.63, 3.8) is 0 Å². The summed E-state index contributed by atoms with van der Waals surface area (Å²) in [5, 5.41) is 20.4. The average molecular weight is 355 g/mol. The van der Waals surface area contributed by atoms with Crippen LogP contribution in [-0.4, -0.2) is 34.2 Å². The van der Waals surface area contributed by atoms with Gasteiger partial charge in [0.25, 0.3) is 5.91 Å². The number of carbonyl (C=O) groups is 2. The van der Waals surface area contributed by atoms with Gasteiger partial charge >= 0.3 is 5.97 Å². The standard InChI is InChI=1S/C11H10BrClFNO4/c1-11(19,10(17)18)4-15-9(16)6-2-5(13)3-7(12)8(6)14/h2-3,19H,4H2,1H3,(H,15,16)(H,17,18). The minimum absolute atomic E-state index is 0.00939. The van der Waals surface area contributed by atoms with E-state index in [9.17, 15) is 19.1 Å². The topological polar surface area (TPSA) is 86.6 Å². The number of carboxylic acids is 1. The molecule has 1 amide bonds. The smallest absolute Gasteiger partial charge is 0.337 e. The Hall–Kier alpha value is -1.18. The Bertz CT molecular complexity index is 536. The summed E-state index contributed by atoms with van der Waals surface area (Å²) < 4.78 is 13.7. The van der Waals surface area contributed by atoms with Crippen LogP contribution in [0.2, 0.25) is 5.02 Å². The SMILES string of the molecule is CC(O)(CNC(=O)c1cc(Cl)cc(Br)c1F)C(=O)O. The summed E-state index contributed by atoms with van der Waals surface area (Å²) in [5.41, 5.74) is -2.48. The molecule has 5 nitrogen and oxygen atoms in total. The van der Waals surface area contributed by atoms with Crippen LogP contribution in [0.5, 0.6) is 0 Å². The summed E-state index contributed by atoms with van der Waals surface area (Å²) in [6.07, 6.45) is 0. The number of hydrogen-bond acceptors (Lipinski definition) is 3. The first-order chi connectivity index (χ1) is 8.65. The molecule has 0 heterocycles.